The van der Waals surface area contributed by atoms with Crippen molar-refractivity contribution in [3.63, 3.8) is 0 Å². The highest BCUT2D eigenvalue weighted by Crippen LogP contribution is 2.20. The monoisotopic (exact) mass is 287 g/mol. The predicted molar refractivity (Wildman–Crippen MR) is 77.7 cm³/mol. The molecule has 0 aliphatic rings. The fourth-order valence-electron chi connectivity index (χ4n) is 2.37. The molecule has 0 saturated heterocycles. The molecule has 5 heteroatoms. The number of nitrogens with zero attached hydrogens (tertiary/aromatic N) is 1. The molecular formula is C16H15F2N3. The molecule has 1 atom stereocenters. The van der Waals surface area contributed by atoms with E-state index >= 15 is 0 Å². The Hall–Kier alpha value is -2.27. The summed E-state index contributed by atoms with van der Waals surface area (Å²) in [5.41, 5.74) is 1.87. The van der Waals surface area contributed by atoms with Crippen LogP contribution >= 0.6 is 0 Å². The van der Waals surface area contributed by atoms with Crippen molar-refractivity contribution in [3.05, 3.63) is 65.5 Å². The molecule has 0 bridgehead atoms. The lowest BCUT2D eigenvalue weighted by Gasteiger charge is -2.14. The Morgan fingerprint density at radius 3 is 2.52 bits per heavy atom. The first kappa shape index (κ1) is 13.7. The minimum atomic E-state index is -0.542. The number of aromatic nitrogens is 2. The van der Waals surface area contributed by atoms with E-state index in [4.69, 9.17) is 0 Å². The Morgan fingerprint density at radius 2 is 1.81 bits per heavy atom. The zero-order valence-corrected chi connectivity index (χ0v) is 11.5. The number of H-pyrrole nitrogens is 1. The maximum Gasteiger partial charge on any atom is 0.130 e. The summed E-state index contributed by atoms with van der Waals surface area (Å²) >= 11 is 0. The normalized spacial score (nSPS) is 12.7. The molecule has 0 amide bonds. The smallest absolute Gasteiger partial charge is 0.130 e. The van der Waals surface area contributed by atoms with Crippen molar-refractivity contribution < 1.29 is 8.78 Å². The van der Waals surface area contributed by atoms with Crippen LogP contribution in [0.5, 0.6) is 0 Å². The molecule has 0 saturated carbocycles. The quantitative estimate of drug-likeness (QED) is 0.768. The van der Waals surface area contributed by atoms with Gasteiger partial charge in [0.15, 0.2) is 0 Å². The maximum atomic E-state index is 13.7. The Labute approximate surface area is 121 Å². The molecule has 2 aromatic carbocycles. The molecule has 0 aliphatic heterocycles. The summed E-state index contributed by atoms with van der Waals surface area (Å²) in [5.74, 6) is -0.348. The summed E-state index contributed by atoms with van der Waals surface area (Å²) < 4.78 is 27.4. The molecule has 108 valence electrons. The van der Waals surface area contributed by atoms with Crippen molar-refractivity contribution in [2.45, 2.75) is 19.5 Å². The molecule has 1 aromatic heterocycles. The number of aromatic amines is 1. The standard InChI is InChI=1S/C16H15F2N3/c1-10(16-11(17)5-4-6-12(16)18)19-9-15-20-13-7-2-3-8-14(13)21-15/h2-8,10,19H,9H2,1H3,(H,20,21). The van der Waals surface area contributed by atoms with Crippen LogP contribution in [-0.2, 0) is 6.54 Å². The molecule has 3 rings (SSSR count). The lowest BCUT2D eigenvalue weighted by Crippen LogP contribution is -2.21. The van der Waals surface area contributed by atoms with Gasteiger partial charge < -0.3 is 10.3 Å². The van der Waals surface area contributed by atoms with E-state index in [9.17, 15) is 8.78 Å². The highest BCUT2D eigenvalue weighted by Gasteiger charge is 2.15. The van der Waals surface area contributed by atoms with Crippen molar-refractivity contribution >= 4 is 11.0 Å². The highest BCUT2D eigenvalue weighted by atomic mass is 19.1. The minimum absolute atomic E-state index is 0.0496. The van der Waals surface area contributed by atoms with Gasteiger partial charge in [0, 0.05) is 11.6 Å². The number of imidazole rings is 1. The minimum Gasteiger partial charge on any atom is -0.341 e. The van der Waals surface area contributed by atoms with Crippen LogP contribution in [0.2, 0.25) is 0 Å². The molecule has 0 radical (unpaired) electrons. The SMILES string of the molecule is CC(NCc1nc2ccccc2[nH]1)c1c(F)cccc1F. The van der Waals surface area contributed by atoms with Crippen LogP contribution in [0.3, 0.4) is 0 Å². The first-order valence-electron chi connectivity index (χ1n) is 6.76. The molecular weight excluding hydrogens is 272 g/mol. The number of hydrogen-bond donors (Lipinski definition) is 2. The lowest BCUT2D eigenvalue weighted by molar-refractivity contribution is 0.483. The Kier molecular flexibility index (Phi) is 3.66. The predicted octanol–water partition coefficient (Wildman–Crippen LogP) is 3.69. The van der Waals surface area contributed by atoms with Crippen LogP contribution in [-0.4, -0.2) is 9.97 Å². The third kappa shape index (κ3) is 2.78. The molecule has 0 spiro atoms. The lowest BCUT2D eigenvalue weighted by atomic mass is 10.1. The average molecular weight is 287 g/mol. The van der Waals surface area contributed by atoms with Gasteiger partial charge in [-0.05, 0) is 31.2 Å². The van der Waals surface area contributed by atoms with Crippen LogP contribution in [0.15, 0.2) is 42.5 Å². The summed E-state index contributed by atoms with van der Waals surface area (Å²) in [6.45, 7) is 2.13. The maximum absolute atomic E-state index is 13.7. The van der Waals surface area contributed by atoms with Crippen LogP contribution in [0.25, 0.3) is 11.0 Å². The molecule has 21 heavy (non-hydrogen) atoms. The fourth-order valence-corrected chi connectivity index (χ4v) is 2.37. The van der Waals surface area contributed by atoms with Gasteiger partial charge in [0.05, 0.1) is 17.6 Å². The van der Waals surface area contributed by atoms with Gasteiger partial charge in [-0.3, -0.25) is 0 Å². The zero-order chi connectivity index (χ0) is 14.8. The molecule has 1 heterocycles. The van der Waals surface area contributed by atoms with E-state index in [2.05, 4.69) is 15.3 Å². The largest absolute Gasteiger partial charge is 0.341 e. The Bertz CT molecular complexity index is 714. The number of fused-ring (bicyclic) bond motifs is 1. The van der Waals surface area contributed by atoms with Crippen molar-refractivity contribution in [3.8, 4) is 0 Å². The first-order valence-corrected chi connectivity index (χ1v) is 6.76. The van der Waals surface area contributed by atoms with Crippen molar-refractivity contribution in [1.82, 2.24) is 15.3 Å². The Balaban J connectivity index is 1.75. The summed E-state index contributed by atoms with van der Waals surface area (Å²) in [5, 5.41) is 3.08. The molecule has 0 fully saturated rings. The first-order chi connectivity index (χ1) is 10.1. The van der Waals surface area contributed by atoms with E-state index in [1.807, 2.05) is 24.3 Å². The average Bonchev–Trinajstić information content (AvgIpc) is 2.87. The van der Waals surface area contributed by atoms with Crippen LogP contribution in [0, 0.1) is 11.6 Å². The Morgan fingerprint density at radius 1 is 1.10 bits per heavy atom. The molecule has 3 nitrogen and oxygen atoms in total. The number of benzene rings is 2. The van der Waals surface area contributed by atoms with Gasteiger partial charge in [-0.15, -0.1) is 0 Å². The van der Waals surface area contributed by atoms with Gasteiger partial charge >= 0.3 is 0 Å². The number of nitrogens with one attached hydrogen (secondary N) is 2. The number of para-hydroxylation sites is 2. The molecule has 2 N–H and O–H groups in total. The number of halogens is 2. The third-order valence-electron chi connectivity index (χ3n) is 3.45. The second kappa shape index (κ2) is 5.61. The summed E-state index contributed by atoms with van der Waals surface area (Å²) in [4.78, 5) is 7.59. The second-order valence-electron chi connectivity index (χ2n) is 4.94. The van der Waals surface area contributed by atoms with E-state index in [1.165, 1.54) is 18.2 Å². The van der Waals surface area contributed by atoms with Crippen LogP contribution in [0.1, 0.15) is 24.4 Å². The van der Waals surface area contributed by atoms with Gasteiger partial charge in [0.1, 0.15) is 17.5 Å². The van der Waals surface area contributed by atoms with Crippen molar-refractivity contribution in [2.24, 2.45) is 0 Å². The van der Waals surface area contributed by atoms with Crippen molar-refractivity contribution in [1.29, 1.82) is 0 Å². The van der Waals surface area contributed by atoms with E-state index in [-0.39, 0.29) is 5.56 Å². The van der Waals surface area contributed by atoms with E-state index in [0.717, 1.165) is 16.9 Å². The summed E-state index contributed by atoms with van der Waals surface area (Å²) in [7, 11) is 0. The van der Waals surface area contributed by atoms with Gasteiger partial charge in [-0.1, -0.05) is 18.2 Å². The van der Waals surface area contributed by atoms with Crippen molar-refractivity contribution in [2.75, 3.05) is 0 Å². The molecule has 3 aromatic rings. The van der Waals surface area contributed by atoms with Crippen LogP contribution < -0.4 is 5.32 Å². The van der Waals surface area contributed by atoms with E-state index in [0.29, 0.717) is 6.54 Å². The van der Waals surface area contributed by atoms with Gasteiger partial charge in [0.2, 0.25) is 0 Å². The molecule has 1 unspecified atom stereocenters. The van der Waals surface area contributed by atoms with E-state index < -0.39 is 17.7 Å². The zero-order valence-electron chi connectivity index (χ0n) is 11.5. The summed E-state index contributed by atoms with van der Waals surface area (Å²) in [6.07, 6.45) is 0. The van der Waals surface area contributed by atoms with Gasteiger partial charge in [-0.2, -0.15) is 0 Å². The van der Waals surface area contributed by atoms with Gasteiger partial charge in [-0.25, -0.2) is 13.8 Å². The van der Waals surface area contributed by atoms with Crippen LogP contribution in [0.4, 0.5) is 8.78 Å². The highest BCUT2D eigenvalue weighted by molar-refractivity contribution is 5.74. The van der Waals surface area contributed by atoms with E-state index in [1.54, 1.807) is 6.92 Å². The van der Waals surface area contributed by atoms with Gasteiger partial charge in [0.25, 0.3) is 0 Å². The number of rotatable bonds is 4. The summed E-state index contributed by atoms with van der Waals surface area (Å²) in [6, 6.07) is 11.1. The number of hydrogen-bond acceptors (Lipinski definition) is 2. The third-order valence-corrected chi connectivity index (χ3v) is 3.45. The fraction of sp³-hybridized carbons (Fsp3) is 0.188. The topological polar surface area (TPSA) is 40.7 Å². The second-order valence-corrected chi connectivity index (χ2v) is 4.94. The molecule has 0 aliphatic carbocycles.